The molecule has 0 amide bonds. The predicted molar refractivity (Wildman–Crippen MR) is 128 cm³/mol. The maximum Gasteiger partial charge on any atom is 0.118 e. The van der Waals surface area contributed by atoms with Crippen molar-refractivity contribution in [2.24, 2.45) is 0 Å². The summed E-state index contributed by atoms with van der Waals surface area (Å²) in [5.74, 6) is 0.916. The smallest absolute Gasteiger partial charge is 0.118 e. The van der Waals surface area contributed by atoms with Gasteiger partial charge in [0.25, 0.3) is 0 Å². The summed E-state index contributed by atoms with van der Waals surface area (Å²) in [4.78, 5) is 6.21. The Hall–Kier alpha value is -2.63. The molecule has 1 heterocycles. The Morgan fingerprint density at radius 2 is 1.50 bits per heavy atom. The van der Waals surface area contributed by atoms with Crippen LogP contribution in [0.15, 0.2) is 77.7 Å². The van der Waals surface area contributed by atoms with E-state index in [1.54, 1.807) is 19.1 Å². The monoisotopic (exact) mass is 419 g/mol. The number of benzene rings is 3. The quantitative estimate of drug-likeness (QED) is 0.515. The minimum absolute atomic E-state index is 0.916. The van der Waals surface area contributed by atoms with Crippen LogP contribution in [-0.2, 0) is 6.54 Å². The van der Waals surface area contributed by atoms with Gasteiger partial charge in [0.05, 0.1) is 7.11 Å². The third-order valence-electron chi connectivity index (χ3n) is 5.48. The molecule has 1 aliphatic rings. The summed E-state index contributed by atoms with van der Waals surface area (Å²) in [5.41, 5.74) is 5.05. The molecule has 4 nitrogen and oxygen atoms in total. The van der Waals surface area contributed by atoms with Crippen LogP contribution in [0.3, 0.4) is 0 Å². The van der Waals surface area contributed by atoms with Crippen molar-refractivity contribution in [3.05, 3.63) is 83.9 Å². The van der Waals surface area contributed by atoms with Crippen LogP contribution in [0, 0.1) is 6.92 Å². The van der Waals surface area contributed by atoms with Crippen molar-refractivity contribution in [1.29, 1.82) is 0 Å². The molecule has 156 valence electrons. The van der Waals surface area contributed by atoms with E-state index in [-0.39, 0.29) is 0 Å². The summed E-state index contributed by atoms with van der Waals surface area (Å²) in [5, 5.41) is 0. The molecule has 1 aliphatic heterocycles. The normalized spacial score (nSPS) is 14.5. The SMILES string of the molecule is COc1ccc(CN2CCN(c3ccc(NSc4ccc(C)cc4)cc3)CC2)cc1. The zero-order valence-corrected chi connectivity index (χ0v) is 18.5. The van der Waals surface area contributed by atoms with Crippen LogP contribution >= 0.6 is 11.9 Å². The largest absolute Gasteiger partial charge is 0.497 e. The molecule has 0 unspecified atom stereocenters. The molecule has 1 N–H and O–H groups in total. The highest BCUT2D eigenvalue weighted by Crippen LogP contribution is 2.25. The second-order valence-corrected chi connectivity index (χ2v) is 8.55. The summed E-state index contributed by atoms with van der Waals surface area (Å²) >= 11 is 1.65. The number of piperazine rings is 1. The van der Waals surface area contributed by atoms with Gasteiger partial charge in [-0.15, -0.1) is 0 Å². The number of hydrogen-bond acceptors (Lipinski definition) is 5. The van der Waals surface area contributed by atoms with Crippen LogP contribution in [0.5, 0.6) is 5.75 Å². The fourth-order valence-corrected chi connectivity index (χ4v) is 4.26. The Balaban J connectivity index is 1.25. The number of nitrogens with one attached hydrogen (secondary N) is 1. The topological polar surface area (TPSA) is 27.7 Å². The Kier molecular flexibility index (Phi) is 6.82. The molecule has 5 heteroatoms. The van der Waals surface area contributed by atoms with Gasteiger partial charge in [-0.2, -0.15) is 0 Å². The highest BCUT2D eigenvalue weighted by atomic mass is 32.2. The molecule has 3 aromatic rings. The number of rotatable bonds is 7. The van der Waals surface area contributed by atoms with Gasteiger partial charge in [-0.25, -0.2) is 0 Å². The van der Waals surface area contributed by atoms with Gasteiger partial charge in [0, 0.05) is 49.0 Å². The Morgan fingerprint density at radius 1 is 0.833 bits per heavy atom. The zero-order valence-electron chi connectivity index (χ0n) is 17.7. The molecule has 0 spiro atoms. The van der Waals surface area contributed by atoms with Crippen molar-refractivity contribution in [2.45, 2.75) is 18.4 Å². The fourth-order valence-electron chi connectivity index (χ4n) is 3.62. The summed E-state index contributed by atoms with van der Waals surface area (Å²) in [6.45, 7) is 7.38. The lowest BCUT2D eigenvalue weighted by Crippen LogP contribution is -2.45. The molecule has 0 saturated carbocycles. The summed E-state index contributed by atoms with van der Waals surface area (Å²) in [6.07, 6.45) is 0. The summed E-state index contributed by atoms with van der Waals surface area (Å²) < 4.78 is 8.68. The lowest BCUT2D eigenvalue weighted by atomic mass is 10.2. The van der Waals surface area contributed by atoms with Gasteiger partial charge in [0.1, 0.15) is 5.75 Å². The maximum absolute atomic E-state index is 5.25. The maximum atomic E-state index is 5.25. The molecule has 30 heavy (non-hydrogen) atoms. The second kappa shape index (κ2) is 9.92. The van der Waals surface area contributed by atoms with Gasteiger partial charge in [-0.1, -0.05) is 29.8 Å². The third-order valence-corrected chi connectivity index (χ3v) is 6.32. The van der Waals surface area contributed by atoms with Crippen molar-refractivity contribution in [3.8, 4) is 5.75 Å². The number of nitrogens with zero attached hydrogens (tertiary/aromatic N) is 2. The summed E-state index contributed by atoms with van der Waals surface area (Å²) in [6, 6.07) is 25.7. The zero-order chi connectivity index (χ0) is 20.8. The van der Waals surface area contributed by atoms with E-state index in [9.17, 15) is 0 Å². The molecule has 0 radical (unpaired) electrons. The van der Waals surface area contributed by atoms with Crippen LogP contribution < -0.4 is 14.4 Å². The van der Waals surface area contributed by atoms with E-state index in [0.717, 1.165) is 44.2 Å². The first-order chi connectivity index (χ1) is 14.7. The second-order valence-electron chi connectivity index (χ2n) is 7.68. The minimum Gasteiger partial charge on any atom is -0.497 e. The standard InChI is InChI=1S/C25H29N3OS/c1-20-3-13-25(14-4-20)30-26-22-7-9-23(10-8-22)28-17-15-27(16-18-28)19-21-5-11-24(29-2)12-6-21/h3-14,26H,15-19H2,1-2H3. The van der Waals surface area contributed by atoms with E-state index in [0.29, 0.717) is 0 Å². The van der Waals surface area contributed by atoms with Gasteiger partial charge in [-0.05, 0) is 73.0 Å². The van der Waals surface area contributed by atoms with E-state index in [2.05, 4.69) is 82.1 Å². The Morgan fingerprint density at radius 3 is 2.13 bits per heavy atom. The minimum atomic E-state index is 0.916. The third kappa shape index (κ3) is 5.49. The highest BCUT2D eigenvalue weighted by Gasteiger charge is 2.17. The molecule has 0 aliphatic carbocycles. The first kappa shape index (κ1) is 20.6. The molecule has 3 aromatic carbocycles. The number of hydrogen-bond donors (Lipinski definition) is 1. The molecule has 1 fully saturated rings. The van der Waals surface area contributed by atoms with Crippen LogP contribution in [-0.4, -0.2) is 38.2 Å². The van der Waals surface area contributed by atoms with E-state index in [4.69, 9.17) is 4.74 Å². The molecule has 0 bridgehead atoms. The van der Waals surface area contributed by atoms with Gasteiger partial charge in [-0.3, -0.25) is 4.90 Å². The van der Waals surface area contributed by atoms with Crippen LogP contribution in [0.4, 0.5) is 11.4 Å². The average molecular weight is 420 g/mol. The molecule has 0 atom stereocenters. The Labute approximate surface area is 184 Å². The first-order valence-electron chi connectivity index (χ1n) is 10.4. The van der Waals surface area contributed by atoms with Gasteiger partial charge in [0.2, 0.25) is 0 Å². The van der Waals surface area contributed by atoms with Gasteiger partial charge in [0.15, 0.2) is 0 Å². The number of anilines is 2. The number of methoxy groups -OCH3 is 1. The van der Waals surface area contributed by atoms with Crippen LogP contribution in [0.2, 0.25) is 0 Å². The molecule has 1 saturated heterocycles. The molecule has 0 aromatic heterocycles. The fraction of sp³-hybridized carbons (Fsp3) is 0.280. The summed E-state index contributed by atoms with van der Waals surface area (Å²) in [7, 11) is 1.71. The predicted octanol–water partition coefficient (Wildman–Crippen LogP) is 5.45. The van der Waals surface area contributed by atoms with E-state index in [1.807, 2.05) is 12.1 Å². The van der Waals surface area contributed by atoms with Crippen LogP contribution in [0.25, 0.3) is 0 Å². The van der Waals surface area contributed by atoms with E-state index < -0.39 is 0 Å². The number of aryl methyl sites for hydroxylation is 1. The van der Waals surface area contributed by atoms with Gasteiger partial charge >= 0.3 is 0 Å². The first-order valence-corrected chi connectivity index (χ1v) is 11.2. The average Bonchev–Trinajstić information content (AvgIpc) is 2.80. The lowest BCUT2D eigenvalue weighted by Gasteiger charge is -2.36. The van der Waals surface area contributed by atoms with Crippen molar-refractivity contribution in [2.75, 3.05) is 42.9 Å². The number of ether oxygens (including phenoxy) is 1. The van der Waals surface area contributed by atoms with E-state index >= 15 is 0 Å². The van der Waals surface area contributed by atoms with Gasteiger partial charge < -0.3 is 14.4 Å². The lowest BCUT2D eigenvalue weighted by molar-refractivity contribution is 0.250. The van der Waals surface area contributed by atoms with Crippen molar-refractivity contribution in [3.63, 3.8) is 0 Å². The van der Waals surface area contributed by atoms with Crippen molar-refractivity contribution >= 4 is 23.3 Å². The molecule has 4 rings (SSSR count). The van der Waals surface area contributed by atoms with Crippen molar-refractivity contribution in [1.82, 2.24) is 4.90 Å². The van der Waals surface area contributed by atoms with Crippen molar-refractivity contribution < 1.29 is 4.74 Å². The molecular formula is C25H29N3OS. The van der Waals surface area contributed by atoms with E-state index in [1.165, 1.54) is 21.7 Å². The molecular weight excluding hydrogens is 390 g/mol. The Bertz CT molecular complexity index is 918. The van der Waals surface area contributed by atoms with Crippen LogP contribution in [0.1, 0.15) is 11.1 Å². The highest BCUT2D eigenvalue weighted by molar-refractivity contribution is 8.00.